The highest BCUT2D eigenvalue weighted by molar-refractivity contribution is 5.82. The van der Waals surface area contributed by atoms with E-state index in [1.54, 1.807) is 0 Å². The third-order valence-corrected chi connectivity index (χ3v) is 3.50. The maximum Gasteiger partial charge on any atom is 0.137 e. The van der Waals surface area contributed by atoms with E-state index in [-0.39, 0.29) is 5.92 Å². The highest BCUT2D eigenvalue weighted by Crippen LogP contribution is 2.26. The zero-order valence-electron chi connectivity index (χ0n) is 11.2. The van der Waals surface area contributed by atoms with Gasteiger partial charge in [0, 0.05) is 31.1 Å². The molecule has 1 aromatic rings. The highest BCUT2D eigenvalue weighted by Gasteiger charge is 2.27. The Morgan fingerprint density at radius 3 is 2.67 bits per heavy atom. The largest absolute Gasteiger partial charge is 0.494 e. The summed E-state index contributed by atoms with van der Waals surface area (Å²) >= 11 is 0. The van der Waals surface area contributed by atoms with Gasteiger partial charge in [-0.1, -0.05) is 6.92 Å². The summed E-state index contributed by atoms with van der Waals surface area (Å²) in [6.07, 6.45) is 1.64. The maximum absolute atomic E-state index is 11.7. The zero-order valence-corrected chi connectivity index (χ0v) is 11.2. The van der Waals surface area contributed by atoms with Crippen molar-refractivity contribution in [2.24, 2.45) is 5.92 Å². The van der Waals surface area contributed by atoms with Crippen LogP contribution in [-0.2, 0) is 4.79 Å². The van der Waals surface area contributed by atoms with Gasteiger partial charge in [-0.25, -0.2) is 0 Å². The Kier molecular flexibility index (Phi) is 4.24. The fourth-order valence-corrected chi connectivity index (χ4v) is 2.47. The monoisotopic (exact) mass is 247 g/mol. The van der Waals surface area contributed by atoms with E-state index in [1.807, 2.05) is 26.0 Å². The van der Waals surface area contributed by atoms with E-state index in [9.17, 15) is 4.79 Å². The van der Waals surface area contributed by atoms with Gasteiger partial charge < -0.3 is 9.64 Å². The SMILES string of the molecule is CCOc1ccc(N2CCC(C(=O)CC)C2)cc1. The van der Waals surface area contributed by atoms with Gasteiger partial charge in [0.25, 0.3) is 0 Å². The van der Waals surface area contributed by atoms with Crippen LogP contribution in [0.3, 0.4) is 0 Å². The molecule has 1 heterocycles. The Labute approximate surface area is 109 Å². The number of anilines is 1. The Balaban J connectivity index is 1.98. The number of hydrogen-bond donors (Lipinski definition) is 0. The second-order valence-corrected chi connectivity index (χ2v) is 4.68. The van der Waals surface area contributed by atoms with Gasteiger partial charge in [-0.2, -0.15) is 0 Å². The number of Topliss-reactive ketones (excluding diaryl/α,β-unsaturated/α-hetero) is 1. The molecule has 0 saturated carbocycles. The molecule has 0 spiro atoms. The number of hydrogen-bond acceptors (Lipinski definition) is 3. The van der Waals surface area contributed by atoms with Crippen molar-refractivity contribution in [1.82, 2.24) is 0 Å². The number of benzene rings is 1. The second-order valence-electron chi connectivity index (χ2n) is 4.68. The molecule has 1 saturated heterocycles. The molecule has 0 N–H and O–H groups in total. The average Bonchev–Trinajstić information content (AvgIpc) is 2.89. The van der Waals surface area contributed by atoms with Crippen LogP contribution in [0.1, 0.15) is 26.7 Å². The number of carbonyl (C=O) groups is 1. The predicted octanol–water partition coefficient (Wildman–Crippen LogP) is 2.89. The van der Waals surface area contributed by atoms with Gasteiger partial charge in [0.15, 0.2) is 0 Å². The molecular formula is C15H21NO2. The van der Waals surface area contributed by atoms with Gasteiger partial charge in [0.1, 0.15) is 11.5 Å². The first-order chi connectivity index (χ1) is 8.74. The molecule has 1 fully saturated rings. The molecule has 18 heavy (non-hydrogen) atoms. The third-order valence-electron chi connectivity index (χ3n) is 3.50. The van der Waals surface area contributed by atoms with E-state index in [0.29, 0.717) is 18.8 Å². The summed E-state index contributed by atoms with van der Waals surface area (Å²) < 4.78 is 5.43. The van der Waals surface area contributed by atoms with E-state index in [1.165, 1.54) is 5.69 Å². The Morgan fingerprint density at radius 1 is 1.33 bits per heavy atom. The Morgan fingerprint density at radius 2 is 2.06 bits per heavy atom. The lowest BCUT2D eigenvalue weighted by atomic mass is 10.0. The molecule has 1 aliphatic rings. The molecule has 0 bridgehead atoms. The zero-order chi connectivity index (χ0) is 13.0. The number of ether oxygens (including phenoxy) is 1. The van der Waals surface area contributed by atoms with Crippen LogP contribution in [0.2, 0.25) is 0 Å². The van der Waals surface area contributed by atoms with Gasteiger partial charge in [-0.15, -0.1) is 0 Å². The molecule has 0 amide bonds. The van der Waals surface area contributed by atoms with Crippen molar-refractivity contribution in [3.05, 3.63) is 24.3 Å². The van der Waals surface area contributed by atoms with Crippen molar-refractivity contribution in [2.45, 2.75) is 26.7 Å². The Hall–Kier alpha value is -1.51. The molecule has 3 nitrogen and oxygen atoms in total. The lowest BCUT2D eigenvalue weighted by molar-refractivity contribution is -0.121. The minimum absolute atomic E-state index is 0.224. The fraction of sp³-hybridized carbons (Fsp3) is 0.533. The van der Waals surface area contributed by atoms with E-state index >= 15 is 0 Å². The first-order valence-electron chi connectivity index (χ1n) is 6.75. The van der Waals surface area contributed by atoms with Crippen molar-refractivity contribution in [3.8, 4) is 5.75 Å². The molecule has 1 aromatic carbocycles. The van der Waals surface area contributed by atoms with Crippen LogP contribution in [0.5, 0.6) is 5.75 Å². The minimum Gasteiger partial charge on any atom is -0.494 e. The van der Waals surface area contributed by atoms with Crippen LogP contribution in [-0.4, -0.2) is 25.5 Å². The number of carbonyl (C=O) groups excluding carboxylic acids is 1. The second kappa shape index (κ2) is 5.89. The van der Waals surface area contributed by atoms with E-state index in [2.05, 4.69) is 17.0 Å². The molecule has 98 valence electrons. The summed E-state index contributed by atoms with van der Waals surface area (Å²) in [7, 11) is 0. The lowest BCUT2D eigenvalue weighted by Gasteiger charge is -2.18. The maximum atomic E-state index is 11.7. The van der Waals surface area contributed by atoms with Gasteiger partial charge in [0.05, 0.1) is 6.61 Å². The molecule has 0 radical (unpaired) electrons. The quantitative estimate of drug-likeness (QED) is 0.801. The van der Waals surface area contributed by atoms with Crippen molar-refractivity contribution in [3.63, 3.8) is 0 Å². The van der Waals surface area contributed by atoms with Gasteiger partial charge in [0.2, 0.25) is 0 Å². The number of rotatable bonds is 5. The van der Waals surface area contributed by atoms with E-state index < -0.39 is 0 Å². The first kappa shape index (κ1) is 12.9. The van der Waals surface area contributed by atoms with Crippen LogP contribution in [0.15, 0.2) is 24.3 Å². The van der Waals surface area contributed by atoms with Crippen LogP contribution in [0.4, 0.5) is 5.69 Å². The Bertz CT molecular complexity index is 399. The van der Waals surface area contributed by atoms with Crippen LogP contribution in [0.25, 0.3) is 0 Å². The molecule has 2 rings (SSSR count). The van der Waals surface area contributed by atoms with Crippen molar-refractivity contribution >= 4 is 11.5 Å². The first-order valence-corrected chi connectivity index (χ1v) is 6.75. The molecular weight excluding hydrogens is 226 g/mol. The highest BCUT2D eigenvalue weighted by atomic mass is 16.5. The molecule has 1 atom stereocenters. The van der Waals surface area contributed by atoms with Gasteiger partial charge in [-0.05, 0) is 37.6 Å². The van der Waals surface area contributed by atoms with Crippen molar-refractivity contribution in [1.29, 1.82) is 0 Å². The predicted molar refractivity (Wildman–Crippen MR) is 73.2 cm³/mol. The molecule has 0 aliphatic carbocycles. The van der Waals surface area contributed by atoms with E-state index in [4.69, 9.17) is 4.74 Å². The summed E-state index contributed by atoms with van der Waals surface area (Å²) in [5.41, 5.74) is 1.19. The van der Waals surface area contributed by atoms with Crippen LogP contribution < -0.4 is 9.64 Å². The average molecular weight is 247 g/mol. The topological polar surface area (TPSA) is 29.5 Å². The molecule has 3 heteroatoms. The summed E-state index contributed by atoms with van der Waals surface area (Å²) in [5, 5.41) is 0. The van der Waals surface area contributed by atoms with Crippen LogP contribution in [0, 0.1) is 5.92 Å². The molecule has 1 aliphatic heterocycles. The van der Waals surface area contributed by atoms with Crippen molar-refractivity contribution < 1.29 is 9.53 Å². The summed E-state index contributed by atoms with van der Waals surface area (Å²) in [6, 6.07) is 8.13. The number of ketones is 1. The van der Waals surface area contributed by atoms with E-state index in [0.717, 1.165) is 25.3 Å². The fourth-order valence-electron chi connectivity index (χ4n) is 2.47. The van der Waals surface area contributed by atoms with Crippen molar-refractivity contribution in [2.75, 3.05) is 24.6 Å². The molecule has 1 unspecified atom stereocenters. The standard InChI is InChI=1S/C15H21NO2/c1-3-15(17)12-9-10-16(11-12)13-5-7-14(8-6-13)18-4-2/h5-8,12H,3-4,9-11H2,1-2H3. The lowest BCUT2D eigenvalue weighted by Crippen LogP contribution is -2.22. The van der Waals surface area contributed by atoms with Crippen LogP contribution >= 0.6 is 0 Å². The summed E-state index contributed by atoms with van der Waals surface area (Å²) in [5.74, 6) is 1.52. The summed E-state index contributed by atoms with van der Waals surface area (Å²) in [4.78, 5) is 14.0. The summed E-state index contributed by atoms with van der Waals surface area (Å²) in [6.45, 7) is 6.46. The molecule has 0 aromatic heterocycles. The number of nitrogens with zero attached hydrogens (tertiary/aromatic N) is 1. The smallest absolute Gasteiger partial charge is 0.137 e. The normalized spacial score (nSPS) is 19.0. The third kappa shape index (κ3) is 2.84. The van der Waals surface area contributed by atoms with Gasteiger partial charge >= 0.3 is 0 Å². The van der Waals surface area contributed by atoms with Gasteiger partial charge in [-0.3, -0.25) is 4.79 Å². The minimum atomic E-state index is 0.224.